The number of nitrogens with one attached hydrogen (secondary N) is 2. The van der Waals surface area contributed by atoms with Crippen LogP contribution >= 0.6 is 0 Å². The molecule has 7 heteroatoms. The van der Waals surface area contributed by atoms with E-state index < -0.39 is 16.1 Å². The van der Waals surface area contributed by atoms with Gasteiger partial charge in [0.15, 0.2) is 0 Å². The number of anilines is 1. The van der Waals surface area contributed by atoms with E-state index in [2.05, 4.69) is 10.0 Å². The summed E-state index contributed by atoms with van der Waals surface area (Å²) in [6.45, 7) is 3.13. The van der Waals surface area contributed by atoms with E-state index in [1.165, 1.54) is 32.2 Å². The van der Waals surface area contributed by atoms with Crippen LogP contribution in [0.3, 0.4) is 0 Å². The number of hydrogen-bond acceptors (Lipinski definition) is 4. The molecule has 2 N–H and O–H groups in total. The first-order valence-corrected chi connectivity index (χ1v) is 10.9. The number of carbonyl (C=O) groups excluding carboxylic acids is 1. The average Bonchev–Trinajstić information content (AvgIpc) is 2.73. The van der Waals surface area contributed by atoms with Crippen molar-refractivity contribution in [2.24, 2.45) is 0 Å². The predicted octanol–water partition coefficient (Wildman–Crippen LogP) is 4.36. The molecule has 0 saturated carbocycles. The molecule has 6 nitrogen and oxygen atoms in total. The largest absolute Gasteiger partial charge is 0.495 e. The highest BCUT2D eigenvalue weighted by atomic mass is 32.2. The summed E-state index contributed by atoms with van der Waals surface area (Å²) >= 11 is 0. The van der Waals surface area contributed by atoms with Crippen LogP contribution in [0.25, 0.3) is 11.1 Å². The predicted molar refractivity (Wildman–Crippen MR) is 118 cm³/mol. The molecule has 0 bridgehead atoms. The Morgan fingerprint density at radius 3 is 2.17 bits per heavy atom. The van der Waals surface area contributed by atoms with Gasteiger partial charge in [-0.05, 0) is 41.8 Å². The maximum Gasteiger partial charge on any atom is 0.241 e. The summed E-state index contributed by atoms with van der Waals surface area (Å²) in [4.78, 5) is 11.4. The minimum atomic E-state index is -3.81. The Hall–Kier alpha value is -3.16. The van der Waals surface area contributed by atoms with Gasteiger partial charge in [-0.25, -0.2) is 13.1 Å². The van der Waals surface area contributed by atoms with Crippen LogP contribution in [0.15, 0.2) is 77.7 Å². The van der Waals surface area contributed by atoms with Crippen LogP contribution in [0, 0.1) is 0 Å². The number of methoxy groups -OCH3 is 1. The lowest BCUT2D eigenvalue weighted by Crippen LogP contribution is -2.27. The first-order valence-electron chi connectivity index (χ1n) is 9.43. The Kier molecular flexibility index (Phi) is 6.54. The zero-order chi connectivity index (χ0) is 21.7. The maximum absolute atomic E-state index is 12.9. The lowest BCUT2D eigenvalue weighted by Gasteiger charge is -2.17. The van der Waals surface area contributed by atoms with Gasteiger partial charge in [-0.2, -0.15) is 0 Å². The summed E-state index contributed by atoms with van der Waals surface area (Å²) in [5.41, 5.74) is 3.30. The molecule has 0 aliphatic carbocycles. The normalized spacial score (nSPS) is 12.2. The Bertz CT molecular complexity index is 1130. The van der Waals surface area contributed by atoms with Gasteiger partial charge in [0.05, 0.1) is 17.7 Å². The average molecular weight is 425 g/mol. The zero-order valence-electron chi connectivity index (χ0n) is 17.0. The first-order chi connectivity index (χ1) is 14.3. The summed E-state index contributed by atoms with van der Waals surface area (Å²) in [6.07, 6.45) is 0. The number of sulfonamides is 1. The van der Waals surface area contributed by atoms with Gasteiger partial charge in [0.2, 0.25) is 15.9 Å². The van der Waals surface area contributed by atoms with Crippen molar-refractivity contribution in [1.82, 2.24) is 4.72 Å². The van der Waals surface area contributed by atoms with Crippen molar-refractivity contribution in [1.29, 1.82) is 0 Å². The van der Waals surface area contributed by atoms with Crippen LogP contribution in [0.4, 0.5) is 5.69 Å². The van der Waals surface area contributed by atoms with Gasteiger partial charge in [0.1, 0.15) is 5.75 Å². The summed E-state index contributed by atoms with van der Waals surface area (Å²) in [6, 6.07) is 21.6. The second-order valence-electron chi connectivity index (χ2n) is 6.87. The molecular weight excluding hydrogens is 400 g/mol. The summed E-state index contributed by atoms with van der Waals surface area (Å²) in [5.74, 6) is 0.0661. The maximum atomic E-state index is 12.9. The lowest BCUT2D eigenvalue weighted by atomic mass is 10.0. The third kappa shape index (κ3) is 5.06. The molecule has 3 aromatic rings. The molecule has 0 radical (unpaired) electrons. The second kappa shape index (κ2) is 9.11. The topological polar surface area (TPSA) is 84.5 Å². The molecule has 0 heterocycles. The van der Waals surface area contributed by atoms with E-state index in [1.807, 2.05) is 54.6 Å². The number of benzene rings is 3. The number of rotatable bonds is 7. The van der Waals surface area contributed by atoms with Gasteiger partial charge in [-0.3, -0.25) is 4.79 Å². The van der Waals surface area contributed by atoms with Crippen LogP contribution in [0.5, 0.6) is 5.75 Å². The molecule has 156 valence electrons. The van der Waals surface area contributed by atoms with Gasteiger partial charge in [0, 0.05) is 13.0 Å². The van der Waals surface area contributed by atoms with Crippen molar-refractivity contribution in [3.05, 3.63) is 78.4 Å². The van der Waals surface area contributed by atoms with Gasteiger partial charge in [-0.15, -0.1) is 0 Å². The molecule has 0 aliphatic heterocycles. The standard InChI is InChI=1S/C23H24N2O4S/c1-16(18-9-11-20(12-10-18)19-7-5-4-6-8-19)25-30(27,28)21-13-14-23(29-3)22(15-21)24-17(2)26/h4-16,25H,1-3H3,(H,24,26)/t16-/m1/s1. The highest BCUT2D eigenvalue weighted by Gasteiger charge is 2.20. The second-order valence-corrected chi connectivity index (χ2v) is 8.59. The van der Waals surface area contributed by atoms with Crippen LogP contribution in [0.1, 0.15) is 25.5 Å². The van der Waals surface area contributed by atoms with Gasteiger partial charge >= 0.3 is 0 Å². The van der Waals surface area contributed by atoms with Crippen LogP contribution in [-0.4, -0.2) is 21.4 Å². The van der Waals surface area contributed by atoms with E-state index in [-0.39, 0.29) is 10.8 Å². The SMILES string of the molecule is COc1ccc(S(=O)(=O)N[C@H](C)c2ccc(-c3ccccc3)cc2)cc1NC(C)=O. The molecule has 0 unspecified atom stereocenters. The molecule has 1 amide bonds. The number of hydrogen-bond donors (Lipinski definition) is 2. The van der Waals surface area contributed by atoms with Crippen molar-refractivity contribution in [2.45, 2.75) is 24.8 Å². The number of carbonyl (C=O) groups is 1. The monoisotopic (exact) mass is 424 g/mol. The van der Waals surface area contributed by atoms with E-state index in [0.29, 0.717) is 11.4 Å². The Morgan fingerprint density at radius 1 is 0.933 bits per heavy atom. The highest BCUT2D eigenvalue weighted by Crippen LogP contribution is 2.28. The quantitative estimate of drug-likeness (QED) is 0.590. The van der Waals surface area contributed by atoms with E-state index in [0.717, 1.165) is 16.7 Å². The van der Waals surface area contributed by atoms with E-state index in [4.69, 9.17) is 4.74 Å². The molecule has 3 aromatic carbocycles. The van der Waals surface area contributed by atoms with Crippen molar-refractivity contribution >= 4 is 21.6 Å². The zero-order valence-corrected chi connectivity index (χ0v) is 17.9. The minimum absolute atomic E-state index is 0.0415. The number of amides is 1. The molecule has 30 heavy (non-hydrogen) atoms. The Morgan fingerprint density at radius 2 is 1.57 bits per heavy atom. The molecular formula is C23H24N2O4S. The molecule has 0 fully saturated rings. The van der Waals surface area contributed by atoms with E-state index in [9.17, 15) is 13.2 Å². The van der Waals surface area contributed by atoms with Crippen LogP contribution in [0.2, 0.25) is 0 Å². The third-order valence-electron chi connectivity index (χ3n) is 4.64. The summed E-state index contributed by atoms with van der Waals surface area (Å²) in [7, 11) is -2.36. The van der Waals surface area contributed by atoms with Gasteiger partial charge in [-0.1, -0.05) is 54.6 Å². The van der Waals surface area contributed by atoms with Crippen molar-refractivity contribution < 1.29 is 17.9 Å². The van der Waals surface area contributed by atoms with Crippen LogP contribution in [-0.2, 0) is 14.8 Å². The third-order valence-corrected chi connectivity index (χ3v) is 6.18. The van der Waals surface area contributed by atoms with Crippen molar-refractivity contribution in [3.8, 4) is 16.9 Å². The summed E-state index contributed by atoms with van der Waals surface area (Å²) in [5, 5.41) is 2.59. The fourth-order valence-corrected chi connectivity index (χ4v) is 4.36. The van der Waals surface area contributed by atoms with Crippen LogP contribution < -0.4 is 14.8 Å². The van der Waals surface area contributed by atoms with Crippen molar-refractivity contribution in [2.75, 3.05) is 12.4 Å². The fourth-order valence-electron chi connectivity index (χ4n) is 3.11. The minimum Gasteiger partial charge on any atom is -0.495 e. The van der Waals surface area contributed by atoms with Gasteiger partial charge < -0.3 is 10.1 Å². The molecule has 0 spiro atoms. The summed E-state index contributed by atoms with van der Waals surface area (Å²) < 4.78 is 33.6. The fraction of sp³-hybridized carbons (Fsp3) is 0.174. The smallest absolute Gasteiger partial charge is 0.241 e. The highest BCUT2D eigenvalue weighted by molar-refractivity contribution is 7.89. The molecule has 1 atom stereocenters. The molecule has 0 aromatic heterocycles. The van der Waals surface area contributed by atoms with E-state index in [1.54, 1.807) is 6.92 Å². The van der Waals surface area contributed by atoms with Crippen molar-refractivity contribution in [3.63, 3.8) is 0 Å². The molecule has 3 rings (SSSR count). The first kappa shape index (κ1) is 21.5. The number of ether oxygens (including phenoxy) is 1. The molecule has 0 saturated heterocycles. The Balaban J connectivity index is 1.80. The Labute approximate surface area is 177 Å². The molecule has 0 aliphatic rings. The van der Waals surface area contributed by atoms with E-state index >= 15 is 0 Å². The lowest BCUT2D eigenvalue weighted by molar-refractivity contribution is -0.114. The van der Waals surface area contributed by atoms with Gasteiger partial charge in [0.25, 0.3) is 0 Å².